The second-order valence-corrected chi connectivity index (χ2v) is 24.5. The van der Waals surface area contributed by atoms with Crippen molar-refractivity contribution in [1.82, 2.24) is 0 Å². The Morgan fingerprint density at radius 1 is 0.406 bits per heavy atom. The van der Waals surface area contributed by atoms with E-state index in [0.29, 0.717) is 0 Å². The van der Waals surface area contributed by atoms with Crippen molar-refractivity contribution in [2.45, 2.75) is 271 Å². The van der Waals surface area contributed by atoms with Crippen molar-refractivity contribution in [3.05, 3.63) is 0 Å². The van der Waals surface area contributed by atoms with Gasteiger partial charge in [0.1, 0.15) is 189 Å². The number of aliphatic carboxylic acids is 1. The molecule has 44 heteroatoms. The zero-order valence-electron chi connectivity index (χ0n) is 50.5. The first-order valence-electron chi connectivity index (χ1n) is 30.3. The molecule has 0 aliphatic carbocycles. The third kappa shape index (κ3) is 16.6. The highest BCUT2D eigenvalue weighted by Gasteiger charge is 2.61. The predicted molar refractivity (Wildman–Crippen MR) is 288 cm³/mol. The van der Waals surface area contributed by atoms with E-state index >= 15 is 0 Å². The van der Waals surface area contributed by atoms with E-state index in [2.05, 4.69) is 0 Å². The van der Waals surface area contributed by atoms with E-state index in [1.54, 1.807) is 0 Å². The lowest BCUT2D eigenvalue weighted by atomic mass is 9.91. The van der Waals surface area contributed by atoms with E-state index < -0.39 is 316 Å². The summed E-state index contributed by atoms with van der Waals surface area (Å²) in [5.74, 6) is -5.28. The Kier molecular flexibility index (Phi) is 27.7. The fourth-order valence-electron chi connectivity index (χ4n) is 12.1. The summed E-state index contributed by atoms with van der Waals surface area (Å²) in [7, 11) is 0. The van der Waals surface area contributed by atoms with Crippen molar-refractivity contribution in [3.8, 4) is 0 Å². The fourth-order valence-corrected chi connectivity index (χ4v) is 12.1. The third-order valence-corrected chi connectivity index (χ3v) is 17.9. The molecule has 44 nitrogen and oxygen atoms in total. The van der Waals surface area contributed by atoms with Gasteiger partial charge in [-0.05, 0) is 6.92 Å². The lowest BCUT2D eigenvalue weighted by Crippen LogP contribution is -2.71. The standard InChI is InChI=1S/C52H89NO43/c1-10-20(63)24(67)28(71)45(84-10)82-8-17-22(65)26(69)30(73)47(87-17)92-40-16(7-58)86-44(19(53)41(40)93-48-31(74)27(70)23(66)18(88-48)9-83-46-29(72)25(68)21(64)15(6-57)85-46)94-42-32(75)36(12(60)3-54)90-50(34(42)77)95-43-33(76)37(13(61)4-55)89-49(35(43)78)91-38-11(59)2-52(81,51(79)80)96-39(38)14(62)5-56/h10-50,54-78,81H,2-9,53H2,1H3,(H,79,80)/t10-,11+,12-,13-,14+,15+,16+,17+,18+,19+,20-,21+,22+,23+,24+,25-,26-,27-,28+,29+,30+,31+,32+,33+,34-,35-,36+,37+,38+,39+,40-,41+,42-,43-,44+,45+,46-,47+,48-,49+,50+,52?/m0/s1. The molecule has 29 N–H and O–H groups in total. The van der Waals surface area contributed by atoms with Gasteiger partial charge in [-0.25, -0.2) is 4.79 Å². The monoisotopic (exact) mass is 1420 g/mol. The molecule has 8 rings (SSSR count). The molecule has 0 spiro atoms. The first-order valence-corrected chi connectivity index (χ1v) is 30.3. The minimum atomic E-state index is -3.21. The normalized spacial score (nSPS) is 51.5. The van der Waals surface area contributed by atoms with Gasteiger partial charge in [-0.1, -0.05) is 0 Å². The summed E-state index contributed by atoms with van der Waals surface area (Å²) in [6.45, 7) is -6.37. The molecular weight excluding hydrogens is 1330 g/mol. The number of aliphatic hydroxyl groups is 26. The molecule has 0 saturated carbocycles. The van der Waals surface area contributed by atoms with E-state index in [0.717, 1.165) is 0 Å². The average molecular weight is 1420 g/mol. The van der Waals surface area contributed by atoms with Gasteiger partial charge < -0.3 is 215 Å². The number of carboxylic acids is 1. The molecule has 8 fully saturated rings. The average Bonchev–Trinajstić information content (AvgIpc) is 0.770. The Hall–Kier alpha value is -2.21. The summed E-state index contributed by atoms with van der Waals surface area (Å²) in [4.78, 5) is 11.9. The molecule has 0 aromatic rings. The summed E-state index contributed by atoms with van der Waals surface area (Å²) in [5, 5.41) is 292. The van der Waals surface area contributed by atoms with E-state index in [1.807, 2.05) is 0 Å². The highest BCUT2D eigenvalue weighted by Crippen LogP contribution is 2.40. The predicted octanol–water partition coefficient (Wildman–Crippen LogP) is -18.9. The maximum atomic E-state index is 12.1. The fraction of sp³-hybridized carbons (Fsp3) is 0.981. The van der Waals surface area contributed by atoms with E-state index in [9.17, 15) is 143 Å². The maximum absolute atomic E-state index is 12.1. The lowest BCUT2D eigenvalue weighted by Gasteiger charge is -2.51. The summed E-state index contributed by atoms with van der Waals surface area (Å²) in [6, 6.07) is -2.12. The number of rotatable bonds is 25. The van der Waals surface area contributed by atoms with Crippen LogP contribution in [0.15, 0.2) is 0 Å². The van der Waals surface area contributed by atoms with Gasteiger partial charge in [0.15, 0.2) is 44.0 Å². The van der Waals surface area contributed by atoms with Gasteiger partial charge in [0.05, 0.1) is 64.5 Å². The van der Waals surface area contributed by atoms with Gasteiger partial charge in [0, 0.05) is 6.42 Å². The van der Waals surface area contributed by atoms with Crippen LogP contribution in [0.3, 0.4) is 0 Å². The summed E-state index contributed by atoms with van der Waals surface area (Å²) < 4.78 is 85.8. The van der Waals surface area contributed by atoms with E-state index in [4.69, 9.17) is 76.8 Å². The minimum absolute atomic E-state index is 0.853. The van der Waals surface area contributed by atoms with Crippen molar-refractivity contribution in [1.29, 1.82) is 0 Å². The van der Waals surface area contributed by atoms with Crippen LogP contribution in [0, 0.1) is 0 Å². The number of nitrogens with two attached hydrogens (primary N) is 1. The first-order chi connectivity index (χ1) is 45.2. The molecule has 1 unspecified atom stereocenters. The lowest BCUT2D eigenvalue weighted by molar-refractivity contribution is -0.400. The number of carboxylic acid groups (broad SMARTS) is 1. The second-order valence-electron chi connectivity index (χ2n) is 24.5. The van der Waals surface area contributed by atoms with Gasteiger partial charge in [-0.2, -0.15) is 0 Å². The largest absolute Gasteiger partial charge is 0.477 e. The Morgan fingerprint density at radius 3 is 1.21 bits per heavy atom. The van der Waals surface area contributed by atoms with Crippen molar-refractivity contribution in [3.63, 3.8) is 0 Å². The SMILES string of the molecule is C[C@@H]1O[C@@H](OC[C@H]2O[C@H](O[C@@H]3[C@H](O[C@@H]4O[C@H](CO[C@H]5O[C@H](CO)[C@@H](O)[C@H](O)[C@H]5O)[C@@H](O)[C@H](O)[C@H]4O)[C@@H](N)[C@@H](O[C@@H]4[C@H](O)[C@@H](O[C@@H]5[C@H](O)[C@@H](O[C@H]6[C@@H]([C@H](O)CO)OC(O)(C(=O)O)C[C@H]6O)O[C@H]([C@@H](O)CO)[C@H]5O)O[C@H]([C@@H](O)CO)[C@H]4O)O[C@@H]3CO)[C@H](O)[C@@H](O)[C@@H]2O)[C@H](O)[C@H](O)[C@H]1O. The Labute approximate surface area is 541 Å². The van der Waals surface area contributed by atoms with Gasteiger partial charge in [-0.15, -0.1) is 0 Å². The number of aliphatic hydroxyl groups excluding tert-OH is 25. The van der Waals surface area contributed by atoms with Crippen LogP contribution in [0.2, 0.25) is 0 Å². The Bertz CT molecular complexity index is 2400. The molecule has 96 heavy (non-hydrogen) atoms. The number of hydrogen-bond donors (Lipinski definition) is 28. The molecule has 0 aromatic carbocycles. The zero-order chi connectivity index (χ0) is 71.0. The zero-order valence-corrected chi connectivity index (χ0v) is 50.5. The van der Waals surface area contributed by atoms with Crippen LogP contribution in [-0.2, 0) is 75.8 Å². The summed E-state index contributed by atoms with van der Waals surface area (Å²) in [5.41, 5.74) is 6.82. The molecule has 560 valence electrons. The van der Waals surface area contributed by atoms with Gasteiger partial charge in [0.25, 0.3) is 5.79 Å². The number of carbonyl (C=O) groups is 1. The molecule has 8 heterocycles. The summed E-state index contributed by atoms with van der Waals surface area (Å²) >= 11 is 0. The Balaban J connectivity index is 1.09. The molecule has 0 amide bonds. The van der Waals surface area contributed by atoms with Crippen LogP contribution in [0.25, 0.3) is 0 Å². The van der Waals surface area contributed by atoms with Crippen LogP contribution in [-0.4, -0.2) is 447 Å². The van der Waals surface area contributed by atoms with Crippen LogP contribution >= 0.6 is 0 Å². The minimum Gasteiger partial charge on any atom is -0.477 e. The van der Waals surface area contributed by atoms with Crippen molar-refractivity contribution >= 4 is 5.97 Å². The van der Waals surface area contributed by atoms with Crippen molar-refractivity contribution in [2.24, 2.45) is 5.73 Å². The van der Waals surface area contributed by atoms with Crippen LogP contribution in [0.5, 0.6) is 0 Å². The van der Waals surface area contributed by atoms with Gasteiger partial charge in [-0.3, -0.25) is 0 Å². The molecule has 0 radical (unpaired) electrons. The Morgan fingerprint density at radius 2 is 0.760 bits per heavy atom. The van der Waals surface area contributed by atoms with Crippen molar-refractivity contribution in [2.75, 3.05) is 46.2 Å². The van der Waals surface area contributed by atoms with Gasteiger partial charge >= 0.3 is 5.97 Å². The van der Waals surface area contributed by atoms with E-state index in [1.165, 1.54) is 6.92 Å². The highest BCUT2D eigenvalue weighted by molar-refractivity contribution is 5.75. The van der Waals surface area contributed by atoms with Crippen LogP contribution in [0.4, 0.5) is 0 Å². The third-order valence-electron chi connectivity index (χ3n) is 17.9. The van der Waals surface area contributed by atoms with E-state index in [-0.39, 0.29) is 0 Å². The van der Waals surface area contributed by atoms with Crippen molar-refractivity contribution < 1.29 is 214 Å². The quantitative estimate of drug-likeness (QED) is 0.0404. The molecule has 8 saturated heterocycles. The first kappa shape index (κ1) is 79.5. The van der Waals surface area contributed by atoms with Gasteiger partial charge in [0.2, 0.25) is 0 Å². The number of ether oxygens (including phenoxy) is 15. The molecule has 8 aliphatic heterocycles. The van der Waals surface area contributed by atoms with Crippen LogP contribution < -0.4 is 5.73 Å². The van der Waals surface area contributed by atoms with Crippen LogP contribution in [0.1, 0.15) is 13.3 Å². The second kappa shape index (κ2) is 33.5. The smallest absolute Gasteiger partial charge is 0.364 e. The summed E-state index contributed by atoms with van der Waals surface area (Å²) in [6.07, 6.45) is -85.3. The molecule has 8 aliphatic rings. The highest BCUT2D eigenvalue weighted by atomic mass is 16.8. The molecule has 42 atom stereocenters. The molecule has 0 aromatic heterocycles. The molecule has 0 bridgehead atoms. The topological polar surface area (TPSA) is 728 Å². The number of hydrogen-bond acceptors (Lipinski definition) is 43. The maximum Gasteiger partial charge on any atom is 0.364 e. The molecular formula is C52H89NO43.